The molecule has 0 saturated carbocycles. The summed E-state index contributed by atoms with van der Waals surface area (Å²) >= 11 is 1.70. The molecule has 1 aliphatic heterocycles. The molecule has 0 bridgehead atoms. The van der Waals surface area contributed by atoms with E-state index in [1.807, 2.05) is 6.92 Å². The lowest BCUT2D eigenvalue weighted by Crippen LogP contribution is -2.45. The van der Waals surface area contributed by atoms with Crippen LogP contribution in [0.5, 0.6) is 0 Å². The first-order valence-electron chi connectivity index (χ1n) is 6.64. The normalized spacial score (nSPS) is 23.2. The van der Waals surface area contributed by atoms with Gasteiger partial charge in [0.1, 0.15) is 0 Å². The van der Waals surface area contributed by atoms with Gasteiger partial charge in [-0.2, -0.15) is 11.8 Å². The molecule has 18 heavy (non-hydrogen) atoms. The average molecular weight is 275 g/mol. The molecule has 5 heteroatoms. The van der Waals surface area contributed by atoms with E-state index in [2.05, 4.69) is 18.7 Å². The molecule has 2 atom stereocenters. The largest absolute Gasteiger partial charge is 0.481 e. The predicted octanol–water partition coefficient (Wildman–Crippen LogP) is 1.94. The quantitative estimate of drug-likeness (QED) is 0.769. The van der Waals surface area contributed by atoms with Gasteiger partial charge in [-0.3, -0.25) is 9.69 Å². The molecule has 2 unspecified atom stereocenters. The molecule has 0 aromatic rings. The van der Waals surface area contributed by atoms with Crippen LogP contribution < -0.4 is 0 Å². The van der Waals surface area contributed by atoms with E-state index in [1.165, 1.54) is 0 Å². The Balaban J connectivity index is 2.23. The Kier molecular flexibility index (Phi) is 7.04. The van der Waals surface area contributed by atoms with Gasteiger partial charge in [-0.05, 0) is 5.92 Å². The third-order valence-electron chi connectivity index (χ3n) is 2.87. The summed E-state index contributed by atoms with van der Waals surface area (Å²) in [5.74, 6) is 0.853. The highest BCUT2D eigenvalue weighted by Gasteiger charge is 2.21. The molecule has 0 amide bonds. The van der Waals surface area contributed by atoms with E-state index in [9.17, 15) is 4.79 Å². The Hall–Kier alpha value is -0.260. The van der Waals surface area contributed by atoms with Crippen LogP contribution in [0.25, 0.3) is 0 Å². The van der Waals surface area contributed by atoms with Gasteiger partial charge >= 0.3 is 5.97 Å². The van der Waals surface area contributed by atoms with Gasteiger partial charge in [-0.25, -0.2) is 0 Å². The number of aliphatic carboxylic acids is 1. The van der Waals surface area contributed by atoms with Crippen LogP contribution in [0, 0.1) is 5.92 Å². The Morgan fingerprint density at radius 1 is 1.50 bits per heavy atom. The molecule has 1 saturated heterocycles. The smallest absolute Gasteiger partial charge is 0.304 e. The molecule has 1 aliphatic rings. The second kappa shape index (κ2) is 8.02. The van der Waals surface area contributed by atoms with E-state index in [0.717, 1.165) is 32.0 Å². The highest BCUT2D eigenvalue weighted by atomic mass is 32.2. The van der Waals surface area contributed by atoms with E-state index < -0.39 is 5.97 Å². The molecule has 0 spiro atoms. The van der Waals surface area contributed by atoms with Crippen molar-refractivity contribution in [2.75, 3.05) is 32.0 Å². The second-order valence-corrected chi connectivity index (χ2v) is 6.86. The summed E-state index contributed by atoms with van der Waals surface area (Å²) in [5, 5.41) is 8.87. The summed E-state index contributed by atoms with van der Waals surface area (Å²) in [6, 6.07) is 0. The van der Waals surface area contributed by atoms with Gasteiger partial charge in [0.15, 0.2) is 0 Å². The average Bonchev–Trinajstić information content (AvgIpc) is 2.25. The van der Waals surface area contributed by atoms with Gasteiger partial charge in [0.25, 0.3) is 0 Å². The Labute approximate surface area is 114 Å². The number of carbonyl (C=O) groups is 1. The monoisotopic (exact) mass is 275 g/mol. The zero-order valence-corrected chi connectivity index (χ0v) is 12.4. The number of ether oxygens (including phenoxy) is 1. The fraction of sp³-hybridized carbons (Fsp3) is 0.923. The summed E-state index contributed by atoms with van der Waals surface area (Å²) in [4.78, 5) is 13.0. The maximum atomic E-state index is 10.6. The van der Waals surface area contributed by atoms with Gasteiger partial charge < -0.3 is 9.84 Å². The minimum atomic E-state index is -0.721. The summed E-state index contributed by atoms with van der Waals surface area (Å²) < 4.78 is 5.74. The molecular formula is C13H25NO3S. The van der Waals surface area contributed by atoms with Crippen molar-refractivity contribution in [3.8, 4) is 0 Å². The lowest BCUT2D eigenvalue weighted by Gasteiger charge is -2.34. The van der Waals surface area contributed by atoms with Crippen LogP contribution in [-0.4, -0.2) is 59.3 Å². The lowest BCUT2D eigenvalue weighted by molar-refractivity contribution is -0.136. The fourth-order valence-corrected chi connectivity index (χ4v) is 3.15. The molecule has 1 heterocycles. The van der Waals surface area contributed by atoms with Crippen molar-refractivity contribution in [2.45, 2.75) is 38.5 Å². The molecular weight excluding hydrogens is 250 g/mol. The number of carboxylic acid groups (broad SMARTS) is 1. The number of hydrogen-bond acceptors (Lipinski definition) is 4. The Bertz CT molecular complexity index is 261. The number of thioether (sulfide) groups is 1. The second-order valence-electron chi connectivity index (χ2n) is 5.39. The van der Waals surface area contributed by atoms with Crippen LogP contribution >= 0.6 is 11.8 Å². The number of rotatable bonds is 7. The predicted molar refractivity (Wildman–Crippen MR) is 75.2 cm³/mol. The van der Waals surface area contributed by atoms with Gasteiger partial charge in [0.2, 0.25) is 0 Å². The van der Waals surface area contributed by atoms with E-state index in [0.29, 0.717) is 5.92 Å². The first kappa shape index (κ1) is 15.8. The summed E-state index contributed by atoms with van der Waals surface area (Å²) in [6.07, 6.45) is 0.478. The van der Waals surface area contributed by atoms with Crippen LogP contribution in [0.1, 0.15) is 27.2 Å². The number of nitrogens with zero attached hydrogens (tertiary/aromatic N) is 1. The third kappa shape index (κ3) is 6.61. The van der Waals surface area contributed by atoms with Crippen LogP contribution in [0.2, 0.25) is 0 Å². The zero-order valence-electron chi connectivity index (χ0n) is 11.6. The molecule has 0 aromatic heterocycles. The first-order valence-corrected chi connectivity index (χ1v) is 7.69. The van der Waals surface area contributed by atoms with E-state index >= 15 is 0 Å². The Morgan fingerprint density at radius 2 is 2.22 bits per heavy atom. The summed E-state index contributed by atoms with van der Waals surface area (Å²) in [5.41, 5.74) is 0. The number of carboxylic acids is 1. The van der Waals surface area contributed by atoms with E-state index in [4.69, 9.17) is 9.84 Å². The maximum Gasteiger partial charge on any atom is 0.304 e. The minimum absolute atomic E-state index is 0.159. The van der Waals surface area contributed by atoms with Gasteiger partial charge in [0.05, 0.1) is 19.1 Å². The highest BCUT2D eigenvalue weighted by molar-refractivity contribution is 7.99. The maximum absolute atomic E-state index is 10.6. The molecule has 106 valence electrons. The molecule has 0 radical (unpaired) electrons. The molecule has 0 aliphatic carbocycles. The minimum Gasteiger partial charge on any atom is -0.481 e. The molecule has 1 rings (SSSR count). The van der Waals surface area contributed by atoms with Gasteiger partial charge in [0, 0.05) is 30.6 Å². The van der Waals surface area contributed by atoms with Crippen molar-refractivity contribution in [1.29, 1.82) is 0 Å². The van der Waals surface area contributed by atoms with Crippen LogP contribution in [0.15, 0.2) is 0 Å². The van der Waals surface area contributed by atoms with Gasteiger partial charge in [-0.15, -0.1) is 0 Å². The highest BCUT2D eigenvalue weighted by Crippen LogP contribution is 2.18. The molecule has 4 nitrogen and oxygen atoms in total. The van der Waals surface area contributed by atoms with Crippen LogP contribution in [0.4, 0.5) is 0 Å². The topological polar surface area (TPSA) is 49.8 Å². The van der Waals surface area contributed by atoms with Crippen molar-refractivity contribution in [3.05, 3.63) is 0 Å². The molecule has 1 N–H and O–H groups in total. The van der Waals surface area contributed by atoms with Crippen molar-refractivity contribution < 1.29 is 14.6 Å². The first-order chi connectivity index (χ1) is 8.47. The van der Waals surface area contributed by atoms with E-state index in [1.54, 1.807) is 11.8 Å². The fourth-order valence-electron chi connectivity index (χ4n) is 2.14. The third-order valence-corrected chi connectivity index (χ3v) is 4.17. The van der Waals surface area contributed by atoms with Crippen molar-refractivity contribution in [3.63, 3.8) is 0 Å². The number of morpholine rings is 1. The number of hydrogen-bond donors (Lipinski definition) is 1. The zero-order chi connectivity index (χ0) is 13.5. The van der Waals surface area contributed by atoms with E-state index in [-0.39, 0.29) is 17.8 Å². The summed E-state index contributed by atoms with van der Waals surface area (Å²) in [6.45, 7) is 10.3. The standard InChI is InChI=1S/C13H25NO3S/c1-10(2)7-14-4-5-17-12(8-14)9-18-11(3)6-13(15)16/h10-12H,4-9H2,1-3H3,(H,15,16). The van der Waals surface area contributed by atoms with Crippen molar-refractivity contribution in [2.24, 2.45) is 5.92 Å². The van der Waals surface area contributed by atoms with Gasteiger partial charge in [-0.1, -0.05) is 20.8 Å². The SMILES string of the molecule is CC(C)CN1CCOC(CSC(C)CC(=O)O)C1. The lowest BCUT2D eigenvalue weighted by atomic mass is 10.2. The Morgan fingerprint density at radius 3 is 2.83 bits per heavy atom. The molecule has 1 fully saturated rings. The summed E-state index contributed by atoms with van der Waals surface area (Å²) in [7, 11) is 0. The van der Waals surface area contributed by atoms with Crippen LogP contribution in [0.3, 0.4) is 0 Å². The van der Waals surface area contributed by atoms with Crippen LogP contribution in [-0.2, 0) is 9.53 Å². The van der Waals surface area contributed by atoms with Crippen molar-refractivity contribution >= 4 is 17.7 Å². The van der Waals surface area contributed by atoms with Crippen molar-refractivity contribution in [1.82, 2.24) is 4.90 Å². The molecule has 0 aromatic carbocycles.